The summed E-state index contributed by atoms with van der Waals surface area (Å²) < 4.78 is 9.20. The van der Waals surface area contributed by atoms with E-state index in [1.807, 2.05) is 11.3 Å². The second-order valence-electron chi connectivity index (χ2n) is 16.5. The van der Waals surface area contributed by atoms with Gasteiger partial charge in [0.15, 0.2) is 0 Å². The SMILES string of the molecule is C=C(/C=C\C1=Cc2ccc(-c3ccc4c(c3)sc3c5ccccc5c5c6ccccc6oc5c43)cc2C1(C)C)c1c2ccccc2c(/C(C)=C/C=C\C)c2ccccc12. The molecule has 0 aliphatic heterocycles. The molecular weight excluding hydrogens is 733 g/mol. The van der Waals surface area contributed by atoms with Crippen LogP contribution >= 0.6 is 11.3 Å². The molecule has 0 radical (unpaired) electrons. The summed E-state index contributed by atoms with van der Waals surface area (Å²) in [5, 5.41) is 12.3. The van der Waals surface area contributed by atoms with Crippen molar-refractivity contribution in [3.8, 4) is 11.1 Å². The van der Waals surface area contributed by atoms with Crippen LogP contribution in [0.2, 0.25) is 0 Å². The Morgan fingerprint density at radius 2 is 1.25 bits per heavy atom. The predicted octanol–water partition coefficient (Wildman–Crippen LogP) is 17.0. The summed E-state index contributed by atoms with van der Waals surface area (Å²) in [6.45, 7) is 13.7. The van der Waals surface area contributed by atoms with Crippen LogP contribution in [0.5, 0.6) is 0 Å². The van der Waals surface area contributed by atoms with Crippen molar-refractivity contribution in [2.75, 3.05) is 0 Å². The van der Waals surface area contributed by atoms with E-state index in [1.165, 1.54) is 108 Å². The van der Waals surface area contributed by atoms with Crippen LogP contribution in [0, 0.1) is 0 Å². The third-order valence-corrected chi connectivity index (χ3v) is 13.9. The minimum absolute atomic E-state index is 0.182. The van der Waals surface area contributed by atoms with Gasteiger partial charge in [-0.1, -0.05) is 172 Å². The highest BCUT2D eigenvalue weighted by Gasteiger charge is 2.32. The molecule has 2 heterocycles. The Kier molecular flexibility index (Phi) is 8.05. The van der Waals surface area contributed by atoms with Crippen molar-refractivity contribution in [1.29, 1.82) is 0 Å². The van der Waals surface area contributed by atoms with E-state index in [1.54, 1.807) is 0 Å². The molecule has 0 atom stereocenters. The first-order chi connectivity index (χ1) is 28.8. The Morgan fingerprint density at radius 1 is 0.644 bits per heavy atom. The molecule has 282 valence electrons. The van der Waals surface area contributed by atoms with Gasteiger partial charge in [-0.3, -0.25) is 0 Å². The lowest BCUT2D eigenvalue weighted by atomic mass is 9.80. The minimum atomic E-state index is -0.182. The molecule has 2 aromatic heterocycles. The maximum absolute atomic E-state index is 6.65. The number of thiophene rings is 1. The Hall–Kier alpha value is -6.74. The number of hydrogen-bond donors (Lipinski definition) is 0. The Labute approximate surface area is 348 Å². The Balaban J connectivity index is 0.959. The molecule has 0 bridgehead atoms. The van der Waals surface area contributed by atoms with E-state index in [-0.39, 0.29) is 5.41 Å². The van der Waals surface area contributed by atoms with E-state index in [4.69, 9.17) is 11.0 Å². The quantitative estimate of drug-likeness (QED) is 0.121. The maximum Gasteiger partial charge on any atom is 0.145 e. The van der Waals surface area contributed by atoms with Gasteiger partial charge in [0.05, 0.1) is 0 Å². The predicted molar refractivity (Wildman–Crippen MR) is 259 cm³/mol. The van der Waals surface area contributed by atoms with Gasteiger partial charge in [0.25, 0.3) is 0 Å². The first-order valence-corrected chi connectivity index (χ1v) is 21.3. The lowest BCUT2D eigenvalue weighted by Gasteiger charge is -2.24. The van der Waals surface area contributed by atoms with Crippen LogP contribution in [0.25, 0.3) is 103 Å². The first-order valence-electron chi connectivity index (χ1n) is 20.5. The average molecular weight is 775 g/mol. The van der Waals surface area contributed by atoms with Gasteiger partial charge in [0, 0.05) is 41.7 Å². The third kappa shape index (κ3) is 5.37. The van der Waals surface area contributed by atoms with Gasteiger partial charge < -0.3 is 4.42 Å². The number of fused-ring (bicyclic) bond motifs is 13. The number of hydrogen-bond acceptors (Lipinski definition) is 2. The highest BCUT2D eigenvalue weighted by molar-refractivity contribution is 7.27. The summed E-state index contributed by atoms with van der Waals surface area (Å²) in [7, 11) is 0. The average Bonchev–Trinajstić information content (AvgIpc) is 3.92. The molecule has 1 nitrogen and oxygen atoms in total. The smallest absolute Gasteiger partial charge is 0.145 e. The molecule has 0 unspecified atom stereocenters. The van der Waals surface area contributed by atoms with Crippen LogP contribution in [0.4, 0.5) is 0 Å². The summed E-state index contributed by atoms with van der Waals surface area (Å²) in [6, 6.07) is 48.7. The second-order valence-corrected chi connectivity index (χ2v) is 17.5. The van der Waals surface area contributed by atoms with Crippen molar-refractivity contribution in [3.05, 3.63) is 198 Å². The van der Waals surface area contributed by atoms with Gasteiger partial charge >= 0.3 is 0 Å². The summed E-state index contributed by atoms with van der Waals surface area (Å²) in [5.74, 6) is 0. The second kappa shape index (κ2) is 13.4. The summed E-state index contributed by atoms with van der Waals surface area (Å²) in [6.07, 6.45) is 13.3. The van der Waals surface area contributed by atoms with E-state index >= 15 is 0 Å². The van der Waals surface area contributed by atoms with E-state index in [0.717, 1.165) is 16.7 Å². The minimum Gasteiger partial charge on any atom is -0.455 e. The Morgan fingerprint density at radius 3 is 1.97 bits per heavy atom. The normalized spacial score (nSPS) is 14.4. The fourth-order valence-electron chi connectivity index (χ4n) is 9.74. The van der Waals surface area contributed by atoms with E-state index < -0.39 is 0 Å². The van der Waals surface area contributed by atoms with Crippen LogP contribution in [-0.2, 0) is 5.41 Å². The first kappa shape index (κ1) is 35.4. The van der Waals surface area contributed by atoms with Gasteiger partial charge in [-0.2, -0.15) is 0 Å². The molecule has 0 spiro atoms. The highest BCUT2D eigenvalue weighted by atomic mass is 32.1. The van der Waals surface area contributed by atoms with Crippen LogP contribution in [-0.4, -0.2) is 0 Å². The molecule has 0 saturated heterocycles. The van der Waals surface area contributed by atoms with Crippen LogP contribution in [0.3, 0.4) is 0 Å². The van der Waals surface area contributed by atoms with Gasteiger partial charge in [0.1, 0.15) is 11.2 Å². The molecule has 59 heavy (non-hydrogen) atoms. The number of benzene rings is 8. The summed E-state index contributed by atoms with van der Waals surface area (Å²) in [4.78, 5) is 0. The zero-order valence-corrected chi connectivity index (χ0v) is 34.5. The molecular formula is C57H42OS. The third-order valence-electron chi connectivity index (χ3n) is 12.7. The van der Waals surface area contributed by atoms with Gasteiger partial charge in [0.2, 0.25) is 0 Å². The van der Waals surface area contributed by atoms with Crippen molar-refractivity contribution in [2.24, 2.45) is 0 Å². The summed E-state index contributed by atoms with van der Waals surface area (Å²) >= 11 is 1.87. The molecule has 2 heteroatoms. The largest absolute Gasteiger partial charge is 0.455 e. The van der Waals surface area contributed by atoms with Crippen LogP contribution in [0.15, 0.2) is 180 Å². The van der Waals surface area contributed by atoms with Crippen molar-refractivity contribution in [1.82, 2.24) is 0 Å². The van der Waals surface area contributed by atoms with Crippen molar-refractivity contribution >= 4 is 103 Å². The van der Waals surface area contributed by atoms with Gasteiger partial charge in [-0.15, -0.1) is 11.3 Å². The molecule has 0 amide bonds. The number of allylic oxidation sites excluding steroid dienone is 8. The highest BCUT2D eigenvalue weighted by Crippen LogP contribution is 2.49. The number of para-hydroxylation sites is 1. The number of furan rings is 1. The molecule has 0 N–H and O–H groups in total. The molecule has 1 aliphatic carbocycles. The molecule has 0 saturated carbocycles. The summed E-state index contributed by atoms with van der Waals surface area (Å²) in [5.41, 5.74) is 12.8. The molecule has 0 fully saturated rings. The zero-order valence-electron chi connectivity index (χ0n) is 33.7. The molecule has 1 aliphatic rings. The molecule has 11 rings (SSSR count). The number of rotatable bonds is 6. The van der Waals surface area contributed by atoms with Crippen molar-refractivity contribution < 1.29 is 4.42 Å². The maximum atomic E-state index is 6.65. The monoisotopic (exact) mass is 774 g/mol. The van der Waals surface area contributed by atoms with Gasteiger partial charge in [-0.25, -0.2) is 0 Å². The fraction of sp³-hybridized carbons (Fsp3) is 0.0877. The standard InChI is InChI=1S/C57H42OS/c1-6-7-16-34(2)51-40-17-8-10-19-42(40)52(43-20-11-9-18-41(43)51)35(3)25-29-39-31-38-27-26-36(32-48(38)57(39,4)5)37-28-30-47-50(33-37)59-56-45-22-13-12-21-44(45)53-46-23-14-15-24-49(46)58-55(53)54(47)56/h6-33H,3H2,1-2,4-5H3/b7-6-,29-25-,34-16+. The van der Waals surface area contributed by atoms with Crippen LogP contribution in [0.1, 0.15) is 49.9 Å². The lowest BCUT2D eigenvalue weighted by molar-refractivity contribution is 0.655. The molecule has 8 aromatic carbocycles. The van der Waals surface area contributed by atoms with E-state index in [2.05, 4.69) is 198 Å². The lowest BCUT2D eigenvalue weighted by Crippen LogP contribution is -2.16. The Bertz CT molecular complexity index is 3500. The van der Waals surface area contributed by atoms with Crippen molar-refractivity contribution in [2.45, 2.75) is 33.1 Å². The zero-order chi connectivity index (χ0) is 40.0. The van der Waals surface area contributed by atoms with Gasteiger partial charge in [-0.05, 0) is 109 Å². The molecule has 10 aromatic rings. The van der Waals surface area contributed by atoms with Crippen LogP contribution < -0.4 is 0 Å². The topological polar surface area (TPSA) is 13.1 Å². The van der Waals surface area contributed by atoms with E-state index in [9.17, 15) is 0 Å². The van der Waals surface area contributed by atoms with E-state index in [0.29, 0.717) is 0 Å². The van der Waals surface area contributed by atoms with Crippen molar-refractivity contribution in [3.63, 3.8) is 0 Å². The fourth-order valence-corrected chi connectivity index (χ4v) is 11.0.